The van der Waals surface area contributed by atoms with E-state index in [1.165, 1.54) is 12.5 Å². The van der Waals surface area contributed by atoms with E-state index >= 15 is 0 Å². The number of benzene rings is 2. The number of carbonyl (C=O) groups excluding carboxylic acids is 1. The number of ether oxygens (including phenoxy) is 3. The van der Waals surface area contributed by atoms with Gasteiger partial charge in [0.25, 0.3) is 11.5 Å². The fourth-order valence-corrected chi connectivity index (χ4v) is 4.14. The molecular weight excluding hydrogens is 486 g/mol. The molecule has 2 aromatic heterocycles. The molecule has 0 spiro atoms. The van der Waals surface area contributed by atoms with Crippen LogP contribution in [0.3, 0.4) is 0 Å². The van der Waals surface area contributed by atoms with E-state index in [9.17, 15) is 9.59 Å². The molecule has 0 radical (unpaired) electrons. The lowest BCUT2D eigenvalue weighted by atomic mass is 10.1. The fourth-order valence-electron chi connectivity index (χ4n) is 4.14. The third-order valence-corrected chi connectivity index (χ3v) is 6.00. The monoisotopic (exact) mass is 519 g/mol. The van der Waals surface area contributed by atoms with Crippen LogP contribution in [0.4, 0.5) is 0 Å². The summed E-state index contributed by atoms with van der Waals surface area (Å²) in [4.78, 5) is 30.5. The molecular formula is C28H33N5O5. The summed E-state index contributed by atoms with van der Waals surface area (Å²) < 4.78 is 20.3. The van der Waals surface area contributed by atoms with E-state index in [0.717, 1.165) is 11.1 Å². The van der Waals surface area contributed by atoms with Gasteiger partial charge < -0.3 is 19.5 Å². The molecule has 1 N–H and O–H groups in total. The van der Waals surface area contributed by atoms with Gasteiger partial charge in [-0.15, -0.1) is 0 Å². The first kappa shape index (κ1) is 26.7. The second-order valence-electron chi connectivity index (χ2n) is 8.57. The van der Waals surface area contributed by atoms with Gasteiger partial charge in [-0.25, -0.2) is 9.67 Å². The van der Waals surface area contributed by atoms with Crippen molar-refractivity contribution in [2.45, 2.75) is 40.8 Å². The molecule has 2 heterocycles. The molecule has 4 rings (SSSR count). The molecule has 0 atom stereocenters. The van der Waals surface area contributed by atoms with Gasteiger partial charge in [0.1, 0.15) is 11.7 Å². The normalized spacial score (nSPS) is 10.9. The molecule has 0 aliphatic heterocycles. The largest absolute Gasteiger partial charge is 0.490 e. The van der Waals surface area contributed by atoms with Crippen molar-refractivity contribution < 1.29 is 19.0 Å². The number of carbonyl (C=O) groups is 1. The molecule has 10 heteroatoms. The molecule has 0 saturated carbocycles. The second kappa shape index (κ2) is 12.3. The van der Waals surface area contributed by atoms with E-state index in [1.807, 2.05) is 52.0 Å². The number of rotatable bonds is 12. The van der Waals surface area contributed by atoms with Crippen LogP contribution in [0.2, 0.25) is 0 Å². The Morgan fingerprint density at radius 2 is 1.68 bits per heavy atom. The molecule has 0 aliphatic carbocycles. The molecule has 200 valence electrons. The lowest BCUT2D eigenvalue weighted by Gasteiger charge is -2.17. The summed E-state index contributed by atoms with van der Waals surface area (Å²) in [7, 11) is 0. The molecule has 0 bridgehead atoms. The van der Waals surface area contributed by atoms with Gasteiger partial charge in [-0.1, -0.05) is 24.3 Å². The quantitative estimate of drug-likeness (QED) is 0.305. The Morgan fingerprint density at radius 3 is 2.34 bits per heavy atom. The van der Waals surface area contributed by atoms with Gasteiger partial charge in [-0.3, -0.25) is 14.2 Å². The average molecular weight is 520 g/mol. The first-order valence-electron chi connectivity index (χ1n) is 12.8. The minimum Gasteiger partial charge on any atom is -0.490 e. The third-order valence-electron chi connectivity index (χ3n) is 6.00. The van der Waals surface area contributed by atoms with Crippen LogP contribution in [0, 0.1) is 6.92 Å². The summed E-state index contributed by atoms with van der Waals surface area (Å²) in [5.74, 6) is 1.10. The predicted molar refractivity (Wildman–Crippen MR) is 144 cm³/mol. The van der Waals surface area contributed by atoms with Crippen molar-refractivity contribution in [1.29, 1.82) is 0 Å². The van der Waals surface area contributed by atoms with Gasteiger partial charge in [0.05, 0.1) is 39.1 Å². The van der Waals surface area contributed by atoms with Crippen LogP contribution < -0.4 is 25.1 Å². The van der Waals surface area contributed by atoms with E-state index < -0.39 is 0 Å². The van der Waals surface area contributed by atoms with Crippen LogP contribution in [0.15, 0.2) is 53.7 Å². The van der Waals surface area contributed by atoms with E-state index in [2.05, 4.69) is 15.4 Å². The van der Waals surface area contributed by atoms with Crippen molar-refractivity contribution in [3.05, 3.63) is 76.0 Å². The molecule has 0 unspecified atom stereocenters. The summed E-state index contributed by atoms with van der Waals surface area (Å²) in [6.07, 6.45) is 3.06. The van der Waals surface area contributed by atoms with Gasteiger partial charge in [0.2, 0.25) is 5.75 Å². The number of nitrogens with one attached hydrogen (secondary N) is 1. The van der Waals surface area contributed by atoms with E-state index in [4.69, 9.17) is 14.2 Å². The summed E-state index contributed by atoms with van der Waals surface area (Å²) in [6.45, 7) is 9.96. The van der Waals surface area contributed by atoms with E-state index in [-0.39, 0.29) is 18.0 Å². The Kier molecular flexibility index (Phi) is 8.62. The molecule has 10 nitrogen and oxygen atoms in total. The van der Waals surface area contributed by atoms with Gasteiger partial charge >= 0.3 is 0 Å². The summed E-state index contributed by atoms with van der Waals surface area (Å²) >= 11 is 0. The minimum atomic E-state index is -0.292. The number of aromatic nitrogens is 4. The van der Waals surface area contributed by atoms with Crippen molar-refractivity contribution in [2.24, 2.45) is 0 Å². The number of nitrogens with zero attached hydrogens (tertiary/aromatic N) is 4. The van der Waals surface area contributed by atoms with Gasteiger partial charge in [0.15, 0.2) is 17.1 Å². The Hall–Kier alpha value is -4.34. The number of hydrogen-bond donors (Lipinski definition) is 1. The highest BCUT2D eigenvalue weighted by Crippen LogP contribution is 2.39. The van der Waals surface area contributed by atoms with Gasteiger partial charge in [0, 0.05) is 12.1 Å². The Labute approximate surface area is 221 Å². The molecule has 0 aliphatic rings. The summed E-state index contributed by atoms with van der Waals surface area (Å²) in [6, 6.07) is 11.2. The van der Waals surface area contributed by atoms with Crippen LogP contribution in [-0.4, -0.2) is 51.6 Å². The zero-order valence-corrected chi connectivity index (χ0v) is 22.2. The standard InChI is InChI=1S/C28H33N5O5/c1-5-36-23-14-21(15-24(37-6-2)25(23)38-7-3)27(34)29-12-13-33-26-22(16-31-33)28(35)32(18-30-26)17-20-11-9-8-10-19(20)4/h8-11,14-16,18H,5-7,12-13,17H2,1-4H3,(H,29,34). The minimum absolute atomic E-state index is 0.158. The van der Waals surface area contributed by atoms with Crippen LogP contribution in [0.1, 0.15) is 42.3 Å². The van der Waals surface area contributed by atoms with Crippen molar-refractivity contribution in [1.82, 2.24) is 24.6 Å². The summed E-state index contributed by atoms with van der Waals surface area (Å²) in [5.41, 5.74) is 2.88. The van der Waals surface area contributed by atoms with Crippen molar-refractivity contribution in [3.63, 3.8) is 0 Å². The number of hydrogen-bond acceptors (Lipinski definition) is 7. The number of amides is 1. The third kappa shape index (κ3) is 5.80. The van der Waals surface area contributed by atoms with E-state index in [1.54, 1.807) is 21.4 Å². The Balaban J connectivity index is 1.47. The lowest BCUT2D eigenvalue weighted by Crippen LogP contribution is -2.28. The van der Waals surface area contributed by atoms with Crippen LogP contribution in [0.25, 0.3) is 11.0 Å². The van der Waals surface area contributed by atoms with Gasteiger partial charge in [-0.05, 0) is 51.0 Å². The van der Waals surface area contributed by atoms with Crippen molar-refractivity contribution >= 4 is 16.9 Å². The Bertz CT molecular complexity index is 1450. The van der Waals surface area contributed by atoms with Gasteiger partial charge in [-0.2, -0.15) is 5.10 Å². The zero-order valence-electron chi connectivity index (χ0n) is 22.2. The number of fused-ring (bicyclic) bond motifs is 1. The fraction of sp³-hybridized carbons (Fsp3) is 0.357. The molecule has 0 fully saturated rings. The molecule has 4 aromatic rings. The molecule has 1 amide bonds. The van der Waals surface area contributed by atoms with Crippen LogP contribution >= 0.6 is 0 Å². The van der Waals surface area contributed by atoms with Crippen LogP contribution in [-0.2, 0) is 13.1 Å². The first-order chi connectivity index (χ1) is 18.5. The lowest BCUT2D eigenvalue weighted by molar-refractivity contribution is 0.0951. The maximum Gasteiger partial charge on any atom is 0.264 e. The maximum absolute atomic E-state index is 13.0. The average Bonchev–Trinajstić information content (AvgIpc) is 3.32. The molecule has 2 aromatic carbocycles. The Morgan fingerprint density at radius 1 is 1.00 bits per heavy atom. The zero-order chi connectivity index (χ0) is 27.1. The highest BCUT2D eigenvalue weighted by molar-refractivity contribution is 5.95. The first-order valence-corrected chi connectivity index (χ1v) is 12.8. The smallest absolute Gasteiger partial charge is 0.264 e. The second-order valence-corrected chi connectivity index (χ2v) is 8.57. The molecule has 38 heavy (non-hydrogen) atoms. The number of aryl methyl sites for hydroxylation is 1. The maximum atomic E-state index is 13.0. The molecule has 0 saturated heterocycles. The topological polar surface area (TPSA) is 110 Å². The van der Waals surface area contributed by atoms with Crippen molar-refractivity contribution in [3.8, 4) is 17.2 Å². The highest BCUT2D eigenvalue weighted by atomic mass is 16.5. The van der Waals surface area contributed by atoms with Crippen LogP contribution in [0.5, 0.6) is 17.2 Å². The SMILES string of the molecule is CCOc1cc(C(=O)NCCn2ncc3c(=O)n(Cc4ccccc4C)cnc32)cc(OCC)c1OCC. The van der Waals surface area contributed by atoms with Crippen molar-refractivity contribution in [2.75, 3.05) is 26.4 Å². The van der Waals surface area contributed by atoms with E-state index in [0.29, 0.717) is 66.8 Å². The predicted octanol–water partition coefficient (Wildman–Crippen LogP) is 3.58. The summed E-state index contributed by atoms with van der Waals surface area (Å²) in [5, 5.41) is 7.66. The highest BCUT2D eigenvalue weighted by Gasteiger charge is 2.18.